The maximum atomic E-state index is 6.35. The predicted octanol–water partition coefficient (Wildman–Crippen LogP) is 9.97. The quantitative estimate of drug-likeness (QED) is 0.0954. The van der Waals surface area contributed by atoms with Crippen molar-refractivity contribution < 1.29 is 9.47 Å². The Bertz CT molecular complexity index is 1220. The highest BCUT2D eigenvalue weighted by molar-refractivity contribution is 5.96. The van der Waals surface area contributed by atoms with E-state index in [9.17, 15) is 0 Å². The van der Waals surface area contributed by atoms with Crippen LogP contribution in [0.1, 0.15) is 141 Å². The van der Waals surface area contributed by atoms with Crippen LogP contribution in [0, 0.1) is 0 Å². The molecular weight excluding hydrogens is 621 g/mol. The third kappa shape index (κ3) is 12.1. The Hall–Kier alpha value is -3.42. The minimum atomic E-state index is 0.402. The number of ether oxygens (including phenoxy) is 2. The van der Waals surface area contributed by atoms with E-state index >= 15 is 0 Å². The SMILES string of the molecule is c1ccc(OCCCCOc2ccccc2NC(=NC2CCCCC2)NC2CCCCC2)c(NC(=NC2CCCCC2)NC2CCCCC2)c1. The van der Waals surface area contributed by atoms with Crippen LogP contribution in [0.4, 0.5) is 11.4 Å². The van der Waals surface area contributed by atoms with E-state index in [1.807, 2.05) is 0 Å². The number of para-hydroxylation sites is 4. The Kier molecular flexibility index (Phi) is 14.9. The number of hydrogen-bond acceptors (Lipinski definition) is 4. The van der Waals surface area contributed by atoms with Crippen LogP contribution >= 0.6 is 0 Å². The van der Waals surface area contributed by atoms with Gasteiger partial charge in [-0.3, -0.25) is 0 Å². The molecule has 0 aliphatic heterocycles. The summed E-state index contributed by atoms with van der Waals surface area (Å²) in [5.74, 6) is 3.59. The van der Waals surface area contributed by atoms with Crippen molar-refractivity contribution in [3.8, 4) is 11.5 Å². The maximum Gasteiger partial charge on any atom is 0.196 e. The molecule has 4 aliphatic carbocycles. The zero-order valence-electron chi connectivity index (χ0n) is 30.6. The number of aliphatic imine (C=N–C) groups is 2. The van der Waals surface area contributed by atoms with Crippen molar-refractivity contribution in [1.82, 2.24) is 10.6 Å². The summed E-state index contributed by atoms with van der Waals surface area (Å²) in [5.41, 5.74) is 1.96. The normalized spacial score (nSPS) is 20.6. The molecule has 2 aromatic rings. The first-order valence-corrected chi connectivity index (χ1v) is 20.4. The van der Waals surface area contributed by atoms with Crippen LogP contribution < -0.4 is 30.7 Å². The Morgan fingerprint density at radius 3 is 1.24 bits per heavy atom. The lowest BCUT2D eigenvalue weighted by Crippen LogP contribution is -2.41. The second-order valence-corrected chi connectivity index (χ2v) is 15.1. The van der Waals surface area contributed by atoms with E-state index < -0.39 is 0 Å². The highest BCUT2D eigenvalue weighted by Gasteiger charge is 2.20. The second-order valence-electron chi connectivity index (χ2n) is 15.1. The number of rotatable bonds is 13. The van der Waals surface area contributed by atoms with Crippen LogP contribution in [0.2, 0.25) is 0 Å². The van der Waals surface area contributed by atoms with Crippen LogP contribution in [0.15, 0.2) is 58.5 Å². The zero-order chi connectivity index (χ0) is 34.1. The minimum Gasteiger partial charge on any atom is -0.491 e. The van der Waals surface area contributed by atoms with Gasteiger partial charge in [-0.05, 0) is 88.5 Å². The molecule has 0 heterocycles. The molecule has 0 aromatic heterocycles. The molecule has 6 rings (SSSR count). The Morgan fingerprint density at radius 2 is 0.840 bits per heavy atom. The standard InChI is InChI=1S/C42H64N6O2/c1-5-19-33(20-6-1)43-41(44-34-21-7-2-8-22-34)47-37-27-13-15-29-39(37)49-31-17-18-32-50-40-30-16-14-28-38(40)48-42(45-35-23-9-3-10-24-35)46-36-25-11-4-12-26-36/h13-16,27-30,33-36H,1-12,17-26,31-32H2,(H2,43,44,47)(H2,45,46,48). The Balaban J connectivity index is 0.996. The summed E-state index contributed by atoms with van der Waals surface area (Å²) in [6.45, 7) is 1.27. The smallest absolute Gasteiger partial charge is 0.196 e. The summed E-state index contributed by atoms with van der Waals surface area (Å²) in [6, 6.07) is 18.4. The van der Waals surface area contributed by atoms with Crippen molar-refractivity contribution in [2.75, 3.05) is 23.8 Å². The van der Waals surface area contributed by atoms with Crippen molar-refractivity contribution in [3.05, 3.63) is 48.5 Å². The zero-order valence-corrected chi connectivity index (χ0v) is 30.6. The lowest BCUT2D eigenvalue weighted by molar-refractivity contribution is 0.268. The second kappa shape index (κ2) is 20.4. The fourth-order valence-corrected chi connectivity index (χ4v) is 8.09. The largest absolute Gasteiger partial charge is 0.491 e. The van der Waals surface area contributed by atoms with E-state index in [-0.39, 0.29) is 0 Å². The van der Waals surface area contributed by atoms with Gasteiger partial charge in [0.05, 0.1) is 36.7 Å². The molecular formula is C42H64N6O2. The van der Waals surface area contributed by atoms with E-state index in [2.05, 4.69) is 69.8 Å². The summed E-state index contributed by atoms with van der Waals surface area (Å²) in [4.78, 5) is 10.4. The highest BCUT2D eigenvalue weighted by Crippen LogP contribution is 2.28. The van der Waals surface area contributed by atoms with Crippen LogP contribution in [-0.2, 0) is 0 Å². The number of guanidine groups is 2. The van der Waals surface area contributed by atoms with Gasteiger partial charge in [0, 0.05) is 12.1 Å². The van der Waals surface area contributed by atoms with Crippen molar-refractivity contribution >= 4 is 23.3 Å². The molecule has 50 heavy (non-hydrogen) atoms. The van der Waals surface area contributed by atoms with Gasteiger partial charge in [0.1, 0.15) is 11.5 Å². The number of benzene rings is 2. The summed E-state index contributed by atoms with van der Waals surface area (Å²) in [5, 5.41) is 14.9. The number of nitrogens with zero attached hydrogens (tertiary/aromatic N) is 2. The molecule has 0 saturated heterocycles. The van der Waals surface area contributed by atoms with Gasteiger partial charge < -0.3 is 30.7 Å². The molecule has 0 spiro atoms. The number of anilines is 2. The molecule has 0 unspecified atom stereocenters. The third-order valence-corrected chi connectivity index (χ3v) is 11.0. The minimum absolute atomic E-state index is 0.402. The van der Waals surface area contributed by atoms with E-state index in [0.29, 0.717) is 37.4 Å². The molecule has 4 N–H and O–H groups in total. The first-order chi connectivity index (χ1) is 24.8. The monoisotopic (exact) mass is 685 g/mol. The lowest BCUT2D eigenvalue weighted by atomic mass is 9.95. The van der Waals surface area contributed by atoms with Crippen molar-refractivity contribution in [2.45, 2.75) is 165 Å². The van der Waals surface area contributed by atoms with Crippen molar-refractivity contribution in [1.29, 1.82) is 0 Å². The topological polar surface area (TPSA) is 91.3 Å². The van der Waals surface area contributed by atoms with Gasteiger partial charge >= 0.3 is 0 Å². The maximum absolute atomic E-state index is 6.35. The van der Waals surface area contributed by atoms with E-state index in [4.69, 9.17) is 19.5 Å². The van der Waals surface area contributed by atoms with Crippen molar-refractivity contribution in [3.63, 3.8) is 0 Å². The molecule has 8 heteroatoms. The Labute approximate surface area is 302 Å². The Morgan fingerprint density at radius 1 is 0.480 bits per heavy atom. The third-order valence-electron chi connectivity index (χ3n) is 11.0. The van der Waals surface area contributed by atoms with E-state index in [0.717, 1.165) is 47.6 Å². The molecule has 0 atom stereocenters. The molecule has 0 radical (unpaired) electrons. The number of nitrogens with one attached hydrogen (secondary N) is 4. The average Bonchev–Trinajstić information content (AvgIpc) is 3.16. The molecule has 0 amide bonds. The predicted molar refractivity (Wildman–Crippen MR) is 209 cm³/mol. The van der Waals surface area contributed by atoms with Gasteiger partial charge in [0.15, 0.2) is 11.9 Å². The van der Waals surface area contributed by atoms with Gasteiger partial charge in [-0.1, -0.05) is 101 Å². The van der Waals surface area contributed by atoms with Crippen LogP contribution in [-0.4, -0.2) is 49.3 Å². The number of unbranched alkanes of at least 4 members (excludes halogenated alkanes) is 1. The van der Waals surface area contributed by atoms with E-state index in [1.165, 1.54) is 128 Å². The lowest BCUT2D eigenvalue weighted by Gasteiger charge is -2.27. The van der Waals surface area contributed by atoms with Crippen molar-refractivity contribution in [2.24, 2.45) is 9.98 Å². The first kappa shape index (κ1) is 36.4. The summed E-state index contributed by atoms with van der Waals surface area (Å²) >= 11 is 0. The molecule has 0 bridgehead atoms. The molecule has 4 aliphatic rings. The molecule has 4 saturated carbocycles. The first-order valence-electron chi connectivity index (χ1n) is 20.4. The van der Waals surface area contributed by atoms with Gasteiger partial charge in [0.2, 0.25) is 0 Å². The average molecular weight is 685 g/mol. The fourth-order valence-electron chi connectivity index (χ4n) is 8.09. The number of hydrogen-bond donors (Lipinski definition) is 4. The summed E-state index contributed by atoms with van der Waals surface area (Å²) in [7, 11) is 0. The molecule has 4 fully saturated rings. The van der Waals surface area contributed by atoms with Gasteiger partial charge in [-0.25, -0.2) is 9.98 Å². The summed E-state index contributed by atoms with van der Waals surface area (Å²) < 4.78 is 12.7. The van der Waals surface area contributed by atoms with Crippen LogP contribution in [0.5, 0.6) is 11.5 Å². The van der Waals surface area contributed by atoms with Gasteiger partial charge in [0.25, 0.3) is 0 Å². The van der Waals surface area contributed by atoms with Gasteiger partial charge in [-0.15, -0.1) is 0 Å². The van der Waals surface area contributed by atoms with Gasteiger partial charge in [-0.2, -0.15) is 0 Å². The van der Waals surface area contributed by atoms with Crippen LogP contribution in [0.25, 0.3) is 0 Å². The summed E-state index contributed by atoms with van der Waals surface area (Å²) in [6.07, 6.45) is 27.1. The fraction of sp³-hybridized carbons (Fsp3) is 0.667. The van der Waals surface area contributed by atoms with Crippen LogP contribution in [0.3, 0.4) is 0 Å². The molecule has 2 aromatic carbocycles. The van der Waals surface area contributed by atoms with E-state index in [1.54, 1.807) is 0 Å². The molecule has 274 valence electrons. The molecule has 8 nitrogen and oxygen atoms in total. The highest BCUT2D eigenvalue weighted by atomic mass is 16.5.